The summed E-state index contributed by atoms with van der Waals surface area (Å²) in [4.78, 5) is 20.9. The first-order chi connectivity index (χ1) is 14.6. The molecule has 0 aliphatic carbocycles. The van der Waals surface area contributed by atoms with Crippen molar-refractivity contribution in [2.75, 3.05) is 18.5 Å². The highest BCUT2D eigenvalue weighted by Gasteiger charge is 2.33. The number of alkyl halides is 4. The Labute approximate surface area is 184 Å². The number of anilines is 1. The zero-order valence-corrected chi connectivity index (χ0v) is 18.4. The summed E-state index contributed by atoms with van der Waals surface area (Å²) in [6.07, 6.45) is -2.05. The molecular weight excluding hydrogens is 477 g/mol. The Morgan fingerprint density at radius 1 is 1.29 bits per heavy atom. The van der Waals surface area contributed by atoms with E-state index in [0.29, 0.717) is 47.7 Å². The van der Waals surface area contributed by atoms with E-state index < -0.39 is 22.2 Å². The molecule has 0 amide bonds. The summed E-state index contributed by atoms with van der Waals surface area (Å²) in [5.74, 6) is 0.851. The summed E-state index contributed by atoms with van der Waals surface area (Å²) in [6, 6.07) is 6.50. The average molecular weight is 497 g/mol. The largest absolute Gasteiger partial charge is 0.416 e. The van der Waals surface area contributed by atoms with Crippen molar-refractivity contribution in [3.05, 3.63) is 63.8 Å². The fraction of sp³-hybridized carbons (Fsp3) is 0.381. The van der Waals surface area contributed by atoms with Crippen molar-refractivity contribution in [1.82, 2.24) is 14.5 Å². The SMILES string of the molecule is Cc1nc(NC(Br)c2cccc(C(F)(F)F)c2)c2cn(C3(C)CCOC3)c(=O)cc2n1. The van der Waals surface area contributed by atoms with E-state index in [1.165, 1.54) is 12.1 Å². The number of rotatable bonds is 4. The van der Waals surface area contributed by atoms with Crippen LogP contribution in [0.15, 0.2) is 41.3 Å². The maximum Gasteiger partial charge on any atom is 0.416 e. The normalized spacial score (nSPS) is 20.2. The first kappa shape index (κ1) is 21.8. The number of nitrogens with one attached hydrogen (secondary N) is 1. The van der Waals surface area contributed by atoms with Gasteiger partial charge in [-0.1, -0.05) is 28.1 Å². The van der Waals surface area contributed by atoms with Gasteiger partial charge in [0, 0.05) is 18.9 Å². The van der Waals surface area contributed by atoms with Crippen LogP contribution in [0.1, 0.15) is 35.2 Å². The fourth-order valence-electron chi connectivity index (χ4n) is 3.67. The molecule has 1 N–H and O–H groups in total. The molecule has 10 heteroatoms. The number of halogens is 4. The smallest absolute Gasteiger partial charge is 0.379 e. The van der Waals surface area contributed by atoms with E-state index in [1.807, 2.05) is 6.92 Å². The second kappa shape index (κ2) is 7.90. The van der Waals surface area contributed by atoms with Gasteiger partial charge in [-0.05, 0) is 38.0 Å². The molecule has 2 unspecified atom stereocenters. The lowest BCUT2D eigenvalue weighted by Gasteiger charge is -2.26. The van der Waals surface area contributed by atoms with E-state index in [0.717, 1.165) is 12.1 Å². The van der Waals surface area contributed by atoms with E-state index in [2.05, 4.69) is 31.2 Å². The third kappa shape index (κ3) is 4.31. The second-order valence-electron chi connectivity index (χ2n) is 7.83. The minimum atomic E-state index is -4.43. The van der Waals surface area contributed by atoms with Crippen LogP contribution in [0.4, 0.5) is 19.0 Å². The number of hydrogen-bond acceptors (Lipinski definition) is 5. The van der Waals surface area contributed by atoms with Crippen molar-refractivity contribution >= 4 is 32.7 Å². The van der Waals surface area contributed by atoms with Crippen molar-refractivity contribution in [3.63, 3.8) is 0 Å². The molecule has 0 radical (unpaired) electrons. The molecule has 0 bridgehead atoms. The van der Waals surface area contributed by atoms with Gasteiger partial charge in [0.1, 0.15) is 16.6 Å². The molecule has 4 rings (SSSR count). The van der Waals surface area contributed by atoms with Gasteiger partial charge in [-0.15, -0.1) is 0 Å². The maximum atomic E-state index is 13.1. The van der Waals surface area contributed by atoms with Crippen LogP contribution in [0.3, 0.4) is 0 Å². The minimum Gasteiger partial charge on any atom is -0.379 e. The van der Waals surface area contributed by atoms with Crippen LogP contribution in [0, 0.1) is 6.92 Å². The second-order valence-corrected chi connectivity index (χ2v) is 8.75. The van der Waals surface area contributed by atoms with Gasteiger partial charge in [0.05, 0.1) is 28.6 Å². The van der Waals surface area contributed by atoms with Gasteiger partial charge in [-0.2, -0.15) is 13.2 Å². The quantitative estimate of drug-likeness (QED) is 0.416. The van der Waals surface area contributed by atoms with Crippen molar-refractivity contribution < 1.29 is 17.9 Å². The third-order valence-corrected chi connectivity index (χ3v) is 6.15. The van der Waals surface area contributed by atoms with Crippen LogP contribution in [0.25, 0.3) is 10.9 Å². The van der Waals surface area contributed by atoms with Crippen molar-refractivity contribution in [2.45, 2.75) is 36.9 Å². The van der Waals surface area contributed by atoms with Crippen LogP contribution in [0.5, 0.6) is 0 Å². The number of hydrogen-bond donors (Lipinski definition) is 1. The number of aromatic nitrogens is 3. The molecule has 1 fully saturated rings. The summed E-state index contributed by atoms with van der Waals surface area (Å²) in [6.45, 7) is 4.62. The molecule has 0 saturated carbocycles. The van der Waals surface area contributed by atoms with Gasteiger partial charge in [0.25, 0.3) is 5.56 Å². The number of benzene rings is 1. The van der Waals surface area contributed by atoms with E-state index >= 15 is 0 Å². The number of nitrogens with zero attached hydrogens (tertiary/aromatic N) is 3. The highest BCUT2D eigenvalue weighted by Crippen LogP contribution is 2.34. The topological polar surface area (TPSA) is 69.0 Å². The lowest BCUT2D eigenvalue weighted by molar-refractivity contribution is -0.137. The fourth-order valence-corrected chi connectivity index (χ4v) is 4.18. The Hall–Kier alpha value is -2.46. The zero-order valence-electron chi connectivity index (χ0n) is 16.8. The zero-order chi connectivity index (χ0) is 22.4. The first-order valence-electron chi connectivity index (χ1n) is 9.64. The Kier molecular flexibility index (Phi) is 5.55. The predicted molar refractivity (Wildman–Crippen MR) is 114 cm³/mol. The van der Waals surface area contributed by atoms with Gasteiger partial charge in [0.2, 0.25) is 0 Å². The van der Waals surface area contributed by atoms with Crippen LogP contribution >= 0.6 is 15.9 Å². The van der Waals surface area contributed by atoms with Crippen LogP contribution in [-0.4, -0.2) is 27.7 Å². The summed E-state index contributed by atoms with van der Waals surface area (Å²) < 4.78 is 46.4. The van der Waals surface area contributed by atoms with Crippen LogP contribution < -0.4 is 10.9 Å². The lowest BCUT2D eigenvalue weighted by atomic mass is 10.0. The summed E-state index contributed by atoms with van der Waals surface area (Å²) in [5.41, 5.74) is -0.561. The van der Waals surface area contributed by atoms with Crippen LogP contribution in [-0.2, 0) is 16.5 Å². The number of pyridine rings is 1. The van der Waals surface area contributed by atoms with Crippen molar-refractivity contribution in [2.24, 2.45) is 0 Å². The van der Waals surface area contributed by atoms with Gasteiger partial charge in [-0.25, -0.2) is 9.97 Å². The maximum absolute atomic E-state index is 13.1. The molecular formula is C21H20BrF3N4O2. The summed E-state index contributed by atoms with van der Waals surface area (Å²) in [7, 11) is 0. The summed E-state index contributed by atoms with van der Waals surface area (Å²) >= 11 is 3.42. The van der Waals surface area contributed by atoms with Gasteiger partial charge in [0.15, 0.2) is 0 Å². The molecule has 2 aromatic heterocycles. The van der Waals surface area contributed by atoms with Crippen molar-refractivity contribution in [3.8, 4) is 0 Å². The van der Waals surface area contributed by atoms with Gasteiger partial charge in [-0.3, -0.25) is 4.79 Å². The minimum absolute atomic E-state index is 0.196. The molecule has 164 valence electrons. The van der Waals surface area contributed by atoms with Gasteiger partial charge < -0.3 is 14.6 Å². The molecule has 0 spiro atoms. The first-order valence-corrected chi connectivity index (χ1v) is 10.6. The number of ether oxygens (including phenoxy) is 1. The predicted octanol–water partition coefficient (Wildman–Crippen LogP) is 4.76. The average Bonchev–Trinajstić information content (AvgIpc) is 3.14. The monoisotopic (exact) mass is 496 g/mol. The Balaban J connectivity index is 1.76. The molecule has 2 atom stereocenters. The molecule has 3 aromatic rings. The van der Waals surface area contributed by atoms with E-state index in [1.54, 1.807) is 23.8 Å². The Morgan fingerprint density at radius 3 is 2.74 bits per heavy atom. The highest BCUT2D eigenvalue weighted by molar-refractivity contribution is 9.09. The van der Waals surface area contributed by atoms with Crippen molar-refractivity contribution in [1.29, 1.82) is 0 Å². The molecule has 1 aliphatic heterocycles. The Bertz CT molecular complexity index is 1190. The van der Waals surface area contributed by atoms with Gasteiger partial charge >= 0.3 is 6.18 Å². The van der Waals surface area contributed by atoms with Crippen LogP contribution in [0.2, 0.25) is 0 Å². The molecule has 3 heterocycles. The van der Waals surface area contributed by atoms with E-state index in [-0.39, 0.29) is 5.56 Å². The molecule has 1 saturated heterocycles. The third-order valence-electron chi connectivity index (χ3n) is 5.39. The number of aryl methyl sites for hydroxylation is 1. The highest BCUT2D eigenvalue weighted by atomic mass is 79.9. The molecule has 6 nitrogen and oxygen atoms in total. The molecule has 31 heavy (non-hydrogen) atoms. The van der Waals surface area contributed by atoms with E-state index in [9.17, 15) is 18.0 Å². The lowest BCUT2D eigenvalue weighted by Crippen LogP contribution is -2.38. The summed E-state index contributed by atoms with van der Waals surface area (Å²) in [5, 5.41) is 3.71. The number of fused-ring (bicyclic) bond motifs is 1. The Morgan fingerprint density at radius 2 is 2.06 bits per heavy atom. The molecule has 1 aromatic carbocycles. The standard InChI is InChI=1S/C21H20BrF3N4O2/c1-12-26-16-9-17(30)29(20(2)6-7-31-11-20)10-15(16)19(27-12)28-18(22)13-4-3-5-14(8-13)21(23,24)25/h3-5,8-10,18H,6-7,11H2,1-2H3,(H,26,27,28). The van der Waals surface area contributed by atoms with E-state index in [4.69, 9.17) is 4.74 Å². The molecule has 1 aliphatic rings.